The molecule has 0 radical (unpaired) electrons. The summed E-state index contributed by atoms with van der Waals surface area (Å²) in [6.45, 7) is 10.2. The predicted octanol–water partition coefficient (Wildman–Crippen LogP) is 4.43. The summed E-state index contributed by atoms with van der Waals surface area (Å²) in [6, 6.07) is 12.9. The van der Waals surface area contributed by atoms with Gasteiger partial charge in [0.05, 0.1) is 13.2 Å². The summed E-state index contributed by atoms with van der Waals surface area (Å²) in [5.74, 6) is 0. The first-order valence-electron chi connectivity index (χ1n) is 7.93. The lowest BCUT2D eigenvalue weighted by Gasteiger charge is -2.25. The molecule has 0 bridgehead atoms. The van der Waals surface area contributed by atoms with E-state index in [-0.39, 0.29) is 12.2 Å². The highest BCUT2D eigenvalue weighted by Gasteiger charge is 2.28. The van der Waals surface area contributed by atoms with E-state index in [1.54, 1.807) is 0 Å². The Kier molecular flexibility index (Phi) is 4.32. The summed E-state index contributed by atoms with van der Waals surface area (Å²) >= 11 is 0. The number of rotatable bonds is 5. The SMILES string of the molecule is Cc1cccc(C)c1C(OC[C@@H]1CO1)c1c(C)cccc1C. The lowest BCUT2D eigenvalue weighted by Crippen LogP contribution is -2.15. The predicted molar refractivity (Wildman–Crippen MR) is 89.4 cm³/mol. The molecule has 22 heavy (non-hydrogen) atoms. The zero-order valence-corrected chi connectivity index (χ0v) is 13.8. The molecule has 116 valence electrons. The maximum atomic E-state index is 6.34. The highest BCUT2D eigenvalue weighted by molar-refractivity contribution is 5.46. The third-order valence-electron chi connectivity index (χ3n) is 4.46. The van der Waals surface area contributed by atoms with E-state index < -0.39 is 0 Å². The molecule has 2 heteroatoms. The van der Waals surface area contributed by atoms with E-state index >= 15 is 0 Å². The van der Waals surface area contributed by atoms with Crippen LogP contribution in [0.4, 0.5) is 0 Å². The minimum absolute atomic E-state index is 0.0217. The first-order chi connectivity index (χ1) is 10.6. The van der Waals surface area contributed by atoms with Gasteiger partial charge in [0.25, 0.3) is 0 Å². The third-order valence-corrected chi connectivity index (χ3v) is 4.46. The summed E-state index contributed by atoms with van der Waals surface area (Å²) < 4.78 is 11.7. The van der Waals surface area contributed by atoms with Crippen molar-refractivity contribution in [3.63, 3.8) is 0 Å². The largest absolute Gasteiger partial charge is 0.371 e. The summed E-state index contributed by atoms with van der Waals surface area (Å²) in [4.78, 5) is 0. The Balaban J connectivity index is 2.06. The zero-order valence-electron chi connectivity index (χ0n) is 13.8. The molecule has 0 aliphatic carbocycles. The van der Waals surface area contributed by atoms with Crippen LogP contribution in [0.2, 0.25) is 0 Å². The molecule has 2 aromatic rings. The van der Waals surface area contributed by atoms with Crippen molar-refractivity contribution < 1.29 is 9.47 Å². The molecule has 0 saturated carbocycles. The van der Waals surface area contributed by atoms with Crippen molar-refractivity contribution in [1.82, 2.24) is 0 Å². The number of hydrogen-bond donors (Lipinski definition) is 0. The fourth-order valence-corrected chi connectivity index (χ4v) is 3.16. The Labute approximate surface area is 133 Å². The normalized spacial score (nSPS) is 17.0. The van der Waals surface area contributed by atoms with Crippen LogP contribution in [0.3, 0.4) is 0 Å². The molecule has 0 aromatic heterocycles. The molecular weight excluding hydrogens is 272 g/mol. The van der Waals surface area contributed by atoms with Crippen LogP contribution in [-0.4, -0.2) is 19.3 Å². The molecular formula is C20H24O2. The lowest BCUT2D eigenvalue weighted by atomic mass is 9.88. The van der Waals surface area contributed by atoms with Crippen LogP contribution < -0.4 is 0 Å². The van der Waals surface area contributed by atoms with Gasteiger partial charge in [-0.2, -0.15) is 0 Å². The fourth-order valence-electron chi connectivity index (χ4n) is 3.16. The first kappa shape index (κ1) is 15.3. The van der Waals surface area contributed by atoms with Crippen LogP contribution in [0.15, 0.2) is 36.4 Å². The van der Waals surface area contributed by atoms with Crippen molar-refractivity contribution in [3.8, 4) is 0 Å². The fraction of sp³-hybridized carbons (Fsp3) is 0.400. The Morgan fingerprint density at radius 1 is 0.909 bits per heavy atom. The Bertz CT molecular complexity index is 579. The van der Waals surface area contributed by atoms with E-state index in [1.807, 2.05) is 0 Å². The molecule has 1 aliphatic heterocycles. The van der Waals surface area contributed by atoms with Gasteiger partial charge in [-0.3, -0.25) is 0 Å². The van der Waals surface area contributed by atoms with Crippen molar-refractivity contribution in [2.75, 3.05) is 13.2 Å². The third kappa shape index (κ3) is 3.08. The second kappa shape index (κ2) is 6.23. The van der Waals surface area contributed by atoms with E-state index in [4.69, 9.17) is 9.47 Å². The highest BCUT2D eigenvalue weighted by atomic mass is 16.6. The highest BCUT2D eigenvalue weighted by Crippen LogP contribution is 2.35. The van der Waals surface area contributed by atoms with Crippen LogP contribution in [0.1, 0.15) is 39.5 Å². The maximum absolute atomic E-state index is 6.34. The van der Waals surface area contributed by atoms with Crippen molar-refractivity contribution in [3.05, 3.63) is 69.8 Å². The number of hydrogen-bond acceptors (Lipinski definition) is 2. The van der Waals surface area contributed by atoms with E-state index in [0.29, 0.717) is 6.61 Å². The number of aryl methyl sites for hydroxylation is 4. The second-order valence-corrected chi connectivity index (χ2v) is 6.28. The lowest BCUT2D eigenvalue weighted by molar-refractivity contribution is 0.0657. The summed E-state index contributed by atoms with van der Waals surface area (Å²) in [5, 5.41) is 0. The Morgan fingerprint density at radius 3 is 1.68 bits per heavy atom. The van der Waals surface area contributed by atoms with Crippen LogP contribution in [0, 0.1) is 27.7 Å². The number of ether oxygens (including phenoxy) is 2. The minimum Gasteiger partial charge on any atom is -0.371 e. The monoisotopic (exact) mass is 296 g/mol. The van der Waals surface area contributed by atoms with Gasteiger partial charge in [0.2, 0.25) is 0 Å². The molecule has 1 saturated heterocycles. The van der Waals surface area contributed by atoms with E-state index in [2.05, 4.69) is 64.1 Å². The van der Waals surface area contributed by atoms with E-state index in [0.717, 1.165) is 6.61 Å². The van der Waals surface area contributed by atoms with Crippen LogP contribution in [0.25, 0.3) is 0 Å². The van der Waals surface area contributed by atoms with Crippen LogP contribution in [-0.2, 0) is 9.47 Å². The van der Waals surface area contributed by atoms with Crippen molar-refractivity contribution in [2.45, 2.75) is 39.9 Å². The van der Waals surface area contributed by atoms with Gasteiger partial charge >= 0.3 is 0 Å². The number of benzene rings is 2. The molecule has 1 aliphatic rings. The van der Waals surface area contributed by atoms with E-state index in [1.165, 1.54) is 33.4 Å². The first-order valence-corrected chi connectivity index (χ1v) is 7.93. The van der Waals surface area contributed by atoms with Gasteiger partial charge in [0.1, 0.15) is 12.2 Å². The van der Waals surface area contributed by atoms with Crippen molar-refractivity contribution in [1.29, 1.82) is 0 Å². The van der Waals surface area contributed by atoms with Gasteiger partial charge in [-0.05, 0) is 61.1 Å². The van der Waals surface area contributed by atoms with Crippen molar-refractivity contribution >= 4 is 0 Å². The van der Waals surface area contributed by atoms with E-state index in [9.17, 15) is 0 Å². The molecule has 1 fully saturated rings. The molecule has 2 nitrogen and oxygen atoms in total. The molecule has 3 rings (SSSR count). The smallest absolute Gasteiger partial charge is 0.109 e. The topological polar surface area (TPSA) is 21.8 Å². The summed E-state index contributed by atoms with van der Waals surface area (Å²) in [5.41, 5.74) is 7.71. The average molecular weight is 296 g/mol. The summed E-state index contributed by atoms with van der Waals surface area (Å²) in [6.07, 6.45) is 0.253. The van der Waals surface area contributed by atoms with Gasteiger partial charge < -0.3 is 9.47 Å². The van der Waals surface area contributed by atoms with Gasteiger partial charge in [-0.1, -0.05) is 36.4 Å². The average Bonchev–Trinajstić information content (AvgIpc) is 3.27. The summed E-state index contributed by atoms with van der Waals surface area (Å²) in [7, 11) is 0. The molecule has 0 N–H and O–H groups in total. The molecule has 0 unspecified atom stereocenters. The zero-order chi connectivity index (χ0) is 15.7. The molecule has 2 aromatic carbocycles. The van der Waals surface area contributed by atoms with Gasteiger partial charge in [0, 0.05) is 0 Å². The Hall–Kier alpha value is -1.64. The standard InChI is InChI=1S/C20H24O2/c1-13-7-5-8-14(2)18(13)20(22-12-17-11-21-17)19-15(3)9-6-10-16(19)4/h5-10,17,20H,11-12H2,1-4H3/t17-/m0/s1. The number of epoxide rings is 1. The van der Waals surface area contributed by atoms with Gasteiger partial charge in [-0.15, -0.1) is 0 Å². The van der Waals surface area contributed by atoms with Crippen LogP contribution in [0.5, 0.6) is 0 Å². The molecule has 0 amide bonds. The molecule has 0 spiro atoms. The quantitative estimate of drug-likeness (QED) is 0.762. The Morgan fingerprint density at radius 2 is 1.32 bits per heavy atom. The molecule has 1 heterocycles. The second-order valence-electron chi connectivity index (χ2n) is 6.28. The van der Waals surface area contributed by atoms with Gasteiger partial charge in [0.15, 0.2) is 0 Å². The van der Waals surface area contributed by atoms with Gasteiger partial charge in [-0.25, -0.2) is 0 Å². The van der Waals surface area contributed by atoms with Crippen molar-refractivity contribution in [2.24, 2.45) is 0 Å². The maximum Gasteiger partial charge on any atom is 0.109 e. The minimum atomic E-state index is -0.0217. The molecule has 1 atom stereocenters. The van der Waals surface area contributed by atoms with Crippen LogP contribution >= 0.6 is 0 Å².